The van der Waals surface area contributed by atoms with Crippen LogP contribution in [0.2, 0.25) is 0 Å². The first-order valence-electron chi connectivity index (χ1n) is 10.2. The lowest BCUT2D eigenvalue weighted by Gasteiger charge is -2.34. The second kappa shape index (κ2) is 8.73. The summed E-state index contributed by atoms with van der Waals surface area (Å²) < 4.78 is 13.9. The van der Waals surface area contributed by atoms with Crippen LogP contribution < -0.4 is 15.5 Å². The lowest BCUT2D eigenvalue weighted by atomic mass is 10.0. The van der Waals surface area contributed by atoms with Gasteiger partial charge in [-0.3, -0.25) is 4.79 Å². The molecular formula is C21H27FN6O. The summed E-state index contributed by atoms with van der Waals surface area (Å²) in [5.41, 5.74) is 1.59. The van der Waals surface area contributed by atoms with E-state index in [-0.39, 0.29) is 17.8 Å². The third kappa shape index (κ3) is 4.32. The summed E-state index contributed by atoms with van der Waals surface area (Å²) in [5.74, 6) is 1.39. The molecule has 1 unspecified atom stereocenters. The van der Waals surface area contributed by atoms with Gasteiger partial charge in [-0.2, -0.15) is 0 Å². The first kappa shape index (κ1) is 19.6. The van der Waals surface area contributed by atoms with Crippen LogP contribution in [0.5, 0.6) is 0 Å². The minimum Gasteiger partial charge on any atom is -0.369 e. The number of carbonyl (C=O) groups excluding carboxylic acids is 1. The molecule has 3 heterocycles. The van der Waals surface area contributed by atoms with Crippen molar-refractivity contribution < 1.29 is 9.18 Å². The van der Waals surface area contributed by atoms with Gasteiger partial charge in [-0.05, 0) is 37.4 Å². The molecular weight excluding hydrogens is 371 g/mol. The van der Waals surface area contributed by atoms with Gasteiger partial charge in [0, 0.05) is 26.2 Å². The van der Waals surface area contributed by atoms with Gasteiger partial charge in [-0.25, -0.2) is 14.4 Å². The van der Waals surface area contributed by atoms with Crippen molar-refractivity contribution in [1.29, 1.82) is 0 Å². The standard InChI is InChI=1S/C21H27FN6O/c1-27-13-19(29)28(16-6-4-9-23-11-16)12-17-20(25-14-26-21(17)27)24-10-8-15-5-2-3-7-18(15)22/h2-3,5,7,14,16,23H,4,6,8-13H2,1H3,(H,24,25,26). The third-order valence-electron chi connectivity index (χ3n) is 5.66. The number of piperidine rings is 1. The first-order chi connectivity index (χ1) is 14.1. The quantitative estimate of drug-likeness (QED) is 0.800. The van der Waals surface area contributed by atoms with Gasteiger partial charge in [0.1, 0.15) is 23.8 Å². The average molecular weight is 398 g/mol. The van der Waals surface area contributed by atoms with E-state index in [0.29, 0.717) is 37.4 Å². The number of halogens is 1. The maximum Gasteiger partial charge on any atom is 0.242 e. The fourth-order valence-corrected chi connectivity index (χ4v) is 4.11. The van der Waals surface area contributed by atoms with E-state index in [1.165, 1.54) is 12.4 Å². The fourth-order valence-electron chi connectivity index (χ4n) is 4.11. The number of carbonyl (C=O) groups is 1. The van der Waals surface area contributed by atoms with Gasteiger partial charge in [0.15, 0.2) is 0 Å². The molecule has 1 aromatic carbocycles. The second-order valence-corrected chi connectivity index (χ2v) is 7.67. The summed E-state index contributed by atoms with van der Waals surface area (Å²) in [5, 5.41) is 6.73. The minimum atomic E-state index is -0.197. The van der Waals surface area contributed by atoms with E-state index in [9.17, 15) is 9.18 Å². The summed E-state index contributed by atoms with van der Waals surface area (Å²) in [6.07, 6.45) is 4.14. The number of nitrogens with zero attached hydrogens (tertiary/aromatic N) is 4. The Hall–Kier alpha value is -2.74. The molecule has 1 amide bonds. The van der Waals surface area contributed by atoms with Crippen molar-refractivity contribution >= 4 is 17.5 Å². The first-order valence-corrected chi connectivity index (χ1v) is 10.2. The molecule has 154 valence electrons. The van der Waals surface area contributed by atoms with E-state index in [4.69, 9.17) is 0 Å². The number of anilines is 2. The topological polar surface area (TPSA) is 73.4 Å². The molecule has 2 aliphatic heterocycles. The lowest BCUT2D eigenvalue weighted by molar-refractivity contribution is -0.132. The molecule has 4 rings (SSSR count). The number of rotatable bonds is 5. The smallest absolute Gasteiger partial charge is 0.242 e. The zero-order valence-corrected chi connectivity index (χ0v) is 16.7. The maximum absolute atomic E-state index is 13.9. The molecule has 0 radical (unpaired) electrons. The molecule has 0 bridgehead atoms. The molecule has 0 saturated carbocycles. The molecule has 1 saturated heterocycles. The van der Waals surface area contributed by atoms with E-state index in [1.54, 1.807) is 12.1 Å². The van der Waals surface area contributed by atoms with E-state index in [0.717, 1.165) is 37.3 Å². The summed E-state index contributed by atoms with van der Waals surface area (Å²) in [6, 6.07) is 6.98. The molecule has 8 heteroatoms. The Kier molecular flexibility index (Phi) is 5.89. The molecule has 1 fully saturated rings. The molecule has 2 N–H and O–H groups in total. The number of aromatic nitrogens is 2. The van der Waals surface area contributed by atoms with Gasteiger partial charge in [-0.15, -0.1) is 0 Å². The number of benzene rings is 1. The van der Waals surface area contributed by atoms with E-state index >= 15 is 0 Å². The predicted octanol–water partition coefficient (Wildman–Crippen LogP) is 1.80. The van der Waals surface area contributed by atoms with Crippen LogP contribution >= 0.6 is 0 Å². The summed E-state index contributed by atoms with van der Waals surface area (Å²) in [4.78, 5) is 25.6. The van der Waals surface area contributed by atoms with Crippen molar-refractivity contribution in [1.82, 2.24) is 20.2 Å². The van der Waals surface area contributed by atoms with E-state index in [1.807, 2.05) is 22.9 Å². The normalized spacial score (nSPS) is 19.7. The van der Waals surface area contributed by atoms with E-state index < -0.39 is 0 Å². The zero-order valence-electron chi connectivity index (χ0n) is 16.7. The molecule has 7 nitrogen and oxygen atoms in total. The summed E-state index contributed by atoms with van der Waals surface area (Å²) >= 11 is 0. The Balaban J connectivity index is 1.54. The van der Waals surface area contributed by atoms with Crippen LogP contribution in [0.15, 0.2) is 30.6 Å². The highest BCUT2D eigenvalue weighted by atomic mass is 19.1. The van der Waals surface area contributed by atoms with Crippen LogP contribution in [-0.2, 0) is 17.8 Å². The van der Waals surface area contributed by atoms with Gasteiger partial charge in [0.2, 0.25) is 5.91 Å². The summed E-state index contributed by atoms with van der Waals surface area (Å²) in [6.45, 7) is 3.14. The molecule has 0 aliphatic carbocycles. The Morgan fingerprint density at radius 3 is 2.93 bits per heavy atom. The average Bonchev–Trinajstić information content (AvgIpc) is 2.86. The summed E-state index contributed by atoms with van der Waals surface area (Å²) in [7, 11) is 1.88. The third-order valence-corrected chi connectivity index (χ3v) is 5.66. The van der Waals surface area contributed by atoms with Crippen LogP contribution in [0, 0.1) is 5.82 Å². The van der Waals surface area contributed by atoms with Crippen LogP contribution in [0.3, 0.4) is 0 Å². The van der Waals surface area contributed by atoms with Crippen molar-refractivity contribution in [3.8, 4) is 0 Å². The van der Waals surface area contributed by atoms with Crippen molar-refractivity contribution in [2.24, 2.45) is 0 Å². The second-order valence-electron chi connectivity index (χ2n) is 7.67. The van der Waals surface area contributed by atoms with Crippen molar-refractivity contribution in [3.05, 3.63) is 47.5 Å². The van der Waals surface area contributed by atoms with Crippen molar-refractivity contribution in [3.63, 3.8) is 0 Å². The highest BCUT2D eigenvalue weighted by Gasteiger charge is 2.32. The van der Waals surface area contributed by atoms with Crippen LogP contribution in [-0.4, -0.2) is 60.0 Å². The van der Waals surface area contributed by atoms with Gasteiger partial charge in [0.05, 0.1) is 18.7 Å². The molecule has 2 aromatic rings. The molecule has 29 heavy (non-hydrogen) atoms. The molecule has 1 atom stereocenters. The Morgan fingerprint density at radius 1 is 1.28 bits per heavy atom. The maximum atomic E-state index is 13.9. The Labute approximate surface area is 170 Å². The van der Waals surface area contributed by atoms with Crippen molar-refractivity contribution in [2.45, 2.75) is 31.8 Å². The SMILES string of the molecule is CN1CC(=O)N(C2CCCNC2)Cc2c(NCCc3ccccc3F)ncnc21. The minimum absolute atomic E-state index is 0.108. The molecule has 0 spiro atoms. The van der Waals surface area contributed by atoms with Crippen LogP contribution in [0.25, 0.3) is 0 Å². The number of hydrogen-bond donors (Lipinski definition) is 2. The van der Waals surface area contributed by atoms with Gasteiger partial charge in [-0.1, -0.05) is 18.2 Å². The Morgan fingerprint density at radius 2 is 2.14 bits per heavy atom. The Bertz CT molecular complexity index is 870. The number of amides is 1. The molecule has 1 aromatic heterocycles. The van der Waals surface area contributed by atoms with Crippen LogP contribution in [0.4, 0.5) is 16.0 Å². The van der Waals surface area contributed by atoms with Gasteiger partial charge in [0.25, 0.3) is 0 Å². The number of fused-ring (bicyclic) bond motifs is 1. The number of nitrogens with one attached hydrogen (secondary N) is 2. The predicted molar refractivity (Wildman–Crippen MR) is 110 cm³/mol. The number of likely N-dealkylation sites (N-methyl/N-ethyl adjacent to an activating group) is 1. The van der Waals surface area contributed by atoms with Gasteiger partial charge < -0.3 is 20.4 Å². The zero-order chi connectivity index (χ0) is 20.2. The number of hydrogen-bond acceptors (Lipinski definition) is 6. The molecule has 2 aliphatic rings. The van der Waals surface area contributed by atoms with Crippen molar-refractivity contribution in [2.75, 3.05) is 43.4 Å². The van der Waals surface area contributed by atoms with Crippen LogP contribution in [0.1, 0.15) is 24.0 Å². The highest BCUT2D eigenvalue weighted by Crippen LogP contribution is 2.29. The van der Waals surface area contributed by atoms with E-state index in [2.05, 4.69) is 20.6 Å². The lowest BCUT2D eigenvalue weighted by Crippen LogP contribution is -2.49. The van der Waals surface area contributed by atoms with Gasteiger partial charge >= 0.3 is 0 Å². The largest absolute Gasteiger partial charge is 0.369 e. The monoisotopic (exact) mass is 398 g/mol. The fraction of sp³-hybridized carbons (Fsp3) is 0.476. The highest BCUT2D eigenvalue weighted by molar-refractivity contribution is 5.84.